The van der Waals surface area contributed by atoms with E-state index in [2.05, 4.69) is 23.3 Å². The van der Waals surface area contributed by atoms with E-state index in [0.29, 0.717) is 35.1 Å². The van der Waals surface area contributed by atoms with Crippen molar-refractivity contribution in [1.82, 2.24) is 14.6 Å². The molecular formula is C23H31ClN6O3. The number of aromatic nitrogens is 3. The van der Waals surface area contributed by atoms with Crippen LogP contribution in [0.1, 0.15) is 64.1 Å². The number of carbonyl (C=O) groups is 1. The lowest BCUT2D eigenvalue weighted by molar-refractivity contribution is -0.158. The van der Waals surface area contributed by atoms with Gasteiger partial charge < -0.3 is 20.5 Å². The lowest BCUT2D eigenvalue weighted by Gasteiger charge is -2.41. The van der Waals surface area contributed by atoms with Gasteiger partial charge in [-0.3, -0.25) is 4.79 Å². The van der Waals surface area contributed by atoms with Gasteiger partial charge in [0.25, 0.3) is 0 Å². The summed E-state index contributed by atoms with van der Waals surface area (Å²) in [5, 5.41) is 18.2. The van der Waals surface area contributed by atoms with Gasteiger partial charge in [-0.25, -0.2) is 9.50 Å². The number of hydrogen-bond acceptors (Lipinski definition) is 8. The van der Waals surface area contributed by atoms with E-state index in [1.807, 2.05) is 13.8 Å². The highest BCUT2D eigenvalue weighted by Gasteiger charge is 2.43. The highest BCUT2D eigenvalue weighted by atomic mass is 35.5. The Morgan fingerprint density at radius 1 is 1.52 bits per heavy atom. The van der Waals surface area contributed by atoms with Crippen molar-refractivity contribution in [3.8, 4) is 6.07 Å². The molecule has 3 atom stereocenters. The number of nitrogens with two attached hydrogens (primary N) is 1. The van der Waals surface area contributed by atoms with Gasteiger partial charge in [0.05, 0.1) is 35.1 Å². The fourth-order valence-electron chi connectivity index (χ4n) is 4.69. The molecular weight excluding hydrogens is 444 g/mol. The standard InChI is InChI=1S/C23H31ClN6O3/c1-4-23(7-5-8-23)20-14(10-25)18(24)16-11-27-22(29-30(16)20)28-15-6-9-32-12-17(15)33-21(31)19(26)13(2)3/h11,13,15,17,19H,4-9,12,26H2,1-3H3,(H,28,29)/t15-,17?,19+/m1/s1. The Morgan fingerprint density at radius 2 is 2.27 bits per heavy atom. The molecule has 0 amide bonds. The Kier molecular flexibility index (Phi) is 6.80. The molecule has 178 valence electrons. The minimum atomic E-state index is -0.693. The molecule has 3 heterocycles. The summed E-state index contributed by atoms with van der Waals surface area (Å²) in [7, 11) is 0. The molecule has 1 saturated heterocycles. The van der Waals surface area contributed by atoms with E-state index < -0.39 is 18.1 Å². The highest BCUT2D eigenvalue weighted by molar-refractivity contribution is 6.35. The molecule has 0 bridgehead atoms. The first kappa shape index (κ1) is 23.7. The molecule has 0 spiro atoms. The van der Waals surface area contributed by atoms with E-state index in [4.69, 9.17) is 31.9 Å². The van der Waals surface area contributed by atoms with Crippen molar-refractivity contribution >= 4 is 29.0 Å². The summed E-state index contributed by atoms with van der Waals surface area (Å²) < 4.78 is 13.0. The molecule has 2 aliphatic rings. The number of hydrogen-bond donors (Lipinski definition) is 2. The minimum Gasteiger partial charge on any atom is -0.457 e. The summed E-state index contributed by atoms with van der Waals surface area (Å²) in [6, 6.07) is 1.36. The Labute approximate surface area is 198 Å². The van der Waals surface area contributed by atoms with E-state index in [0.717, 1.165) is 31.4 Å². The Bertz CT molecular complexity index is 1070. The molecule has 2 aromatic rings. The summed E-state index contributed by atoms with van der Waals surface area (Å²) >= 11 is 6.56. The van der Waals surface area contributed by atoms with Crippen LogP contribution in [0.5, 0.6) is 0 Å². The number of carbonyl (C=O) groups excluding carboxylic acids is 1. The molecule has 9 nitrogen and oxygen atoms in total. The van der Waals surface area contributed by atoms with Gasteiger partial charge >= 0.3 is 5.97 Å². The Hall–Kier alpha value is -2.41. The second kappa shape index (κ2) is 9.45. The smallest absolute Gasteiger partial charge is 0.323 e. The second-order valence-corrected chi connectivity index (χ2v) is 9.75. The highest BCUT2D eigenvalue weighted by Crippen LogP contribution is 2.49. The van der Waals surface area contributed by atoms with Crippen LogP contribution in [-0.2, 0) is 19.7 Å². The SMILES string of the molecule is CCC1(c2c(C#N)c(Cl)c3cnc(N[C@@H]4CCOCC4OC(=O)[C@@H](N)C(C)C)nn23)CCC1. The first-order chi connectivity index (χ1) is 15.8. The van der Waals surface area contributed by atoms with Crippen LogP contribution in [0.15, 0.2) is 6.20 Å². The first-order valence-corrected chi connectivity index (χ1v) is 12.0. The Morgan fingerprint density at radius 3 is 2.88 bits per heavy atom. The zero-order valence-electron chi connectivity index (χ0n) is 19.3. The van der Waals surface area contributed by atoms with Gasteiger partial charge in [0, 0.05) is 12.0 Å². The third-order valence-electron chi connectivity index (χ3n) is 7.10. The van der Waals surface area contributed by atoms with Crippen LogP contribution in [0.3, 0.4) is 0 Å². The third-order valence-corrected chi connectivity index (χ3v) is 7.49. The number of esters is 1. The molecule has 4 rings (SSSR count). The van der Waals surface area contributed by atoms with E-state index in [-0.39, 0.29) is 24.0 Å². The number of halogens is 1. The number of nitrogens with zero attached hydrogens (tertiary/aromatic N) is 4. The van der Waals surface area contributed by atoms with Gasteiger partial charge in [-0.15, -0.1) is 5.10 Å². The number of ether oxygens (including phenoxy) is 2. The first-order valence-electron chi connectivity index (χ1n) is 11.6. The number of nitriles is 1. The monoisotopic (exact) mass is 474 g/mol. The fourth-order valence-corrected chi connectivity index (χ4v) is 4.95. The van der Waals surface area contributed by atoms with Crippen molar-refractivity contribution in [3.63, 3.8) is 0 Å². The molecule has 1 unspecified atom stereocenters. The molecule has 1 aliphatic carbocycles. The van der Waals surface area contributed by atoms with E-state index >= 15 is 0 Å². The average molecular weight is 475 g/mol. The summed E-state index contributed by atoms with van der Waals surface area (Å²) in [5.41, 5.74) is 7.81. The number of anilines is 1. The number of nitrogens with one attached hydrogen (secondary N) is 1. The molecule has 1 saturated carbocycles. The molecule has 0 aromatic carbocycles. The minimum absolute atomic E-state index is 0.0252. The molecule has 1 aliphatic heterocycles. The molecule has 0 radical (unpaired) electrons. The zero-order chi connectivity index (χ0) is 23.8. The van der Waals surface area contributed by atoms with Crippen LogP contribution >= 0.6 is 11.6 Å². The van der Waals surface area contributed by atoms with Crippen LogP contribution in [0.25, 0.3) is 5.52 Å². The second-order valence-electron chi connectivity index (χ2n) is 9.38. The quantitative estimate of drug-likeness (QED) is 0.585. The van der Waals surface area contributed by atoms with Crippen molar-refractivity contribution in [3.05, 3.63) is 22.5 Å². The third kappa shape index (κ3) is 4.27. The molecule has 3 N–H and O–H groups in total. The van der Waals surface area contributed by atoms with Crippen molar-refractivity contribution in [2.24, 2.45) is 11.7 Å². The maximum Gasteiger partial charge on any atom is 0.323 e. The molecule has 2 aromatic heterocycles. The maximum atomic E-state index is 12.4. The summed E-state index contributed by atoms with van der Waals surface area (Å²) in [6.07, 6.45) is 5.78. The molecule has 2 fully saturated rings. The Balaban J connectivity index is 1.63. The van der Waals surface area contributed by atoms with Gasteiger partial charge in [-0.05, 0) is 31.6 Å². The van der Waals surface area contributed by atoms with Crippen LogP contribution in [0.2, 0.25) is 5.02 Å². The summed E-state index contributed by atoms with van der Waals surface area (Å²) in [5.74, 6) is -0.0916. The maximum absolute atomic E-state index is 12.4. The van der Waals surface area contributed by atoms with E-state index in [9.17, 15) is 10.1 Å². The molecule has 10 heteroatoms. The van der Waals surface area contributed by atoms with Crippen molar-refractivity contribution in [2.45, 2.75) is 76.5 Å². The van der Waals surface area contributed by atoms with Crippen LogP contribution < -0.4 is 11.1 Å². The van der Waals surface area contributed by atoms with Gasteiger partial charge in [0.15, 0.2) is 0 Å². The topological polar surface area (TPSA) is 128 Å². The lowest BCUT2D eigenvalue weighted by Crippen LogP contribution is -2.48. The summed E-state index contributed by atoms with van der Waals surface area (Å²) in [6.45, 7) is 6.69. The van der Waals surface area contributed by atoms with E-state index in [1.165, 1.54) is 0 Å². The zero-order valence-corrected chi connectivity index (χ0v) is 20.1. The molecule has 33 heavy (non-hydrogen) atoms. The largest absolute Gasteiger partial charge is 0.457 e. The van der Waals surface area contributed by atoms with Crippen molar-refractivity contribution in [2.75, 3.05) is 18.5 Å². The number of rotatable bonds is 7. The van der Waals surface area contributed by atoms with Gasteiger partial charge in [-0.1, -0.05) is 38.8 Å². The van der Waals surface area contributed by atoms with Gasteiger partial charge in [0.1, 0.15) is 23.7 Å². The normalized spacial score (nSPS) is 23.1. The predicted octanol–water partition coefficient (Wildman–Crippen LogP) is 3.18. The summed E-state index contributed by atoms with van der Waals surface area (Å²) in [4.78, 5) is 16.9. The predicted molar refractivity (Wildman–Crippen MR) is 124 cm³/mol. The van der Waals surface area contributed by atoms with Gasteiger partial charge in [0.2, 0.25) is 5.95 Å². The van der Waals surface area contributed by atoms with Gasteiger partial charge in [-0.2, -0.15) is 5.26 Å². The van der Waals surface area contributed by atoms with Crippen molar-refractivity contribution < 1.29 is 14.3 Å². The van der Waals surface area contributed by atoms with Crippen molar-refractivity contribution in [1.29, 1.82) is 5.26 Å². The van der Waals surface area contributed by atoms with Crippen LogP contribution in [0, 0.1) is 17.2 Å². The lowest BCUT2D eigenvalue weighted by atomic mass is 9.64. The fraction of sp³-hybridized carbons (Fsp3) is 0.652. The number of fused-ring (bicyclic) bond motifs is 1. The average Bonchev–Trinajstić information content (AvgIpc) is 3.05. The van der Waals surface area contributed by atoms with E-state index in [1.54, 1.807) is 10.7 Å². The van der Waals surface area contributed by atoms with Crippen LogP contribution in [-0.4, -0.2) is 52.0 Å². The van der Waals surface area contributed by atoms with Crippen LogP contribution in [0.4, 0.5) is 5.95 Å².